The van der Waals surface area contributed by atoms with Crippen LogP contribution < -0.4 is 0 Å². The quantitative estimate of drug-likeness (QED) is 0.423. The summed E-state index contributed by atoms with van der Waals surface area (Å²) in [5.74, 6) is 0.267. The highest BCUT2D eigenvalue weighted by molar-refractivity contribution is 6.74. The molecule has 1 aliphatic rings. The summed E-state index contributed by atoms with van der Waals surface area (Å²) in [6.45, 7) is 12.7. The van der Waals surface area contributed by atoms with Crippen molar-refractivity contribution in [3.05, 3.63) is 0 Å². The van der Waals surface area contributed by atoms with Gasteiger partial charge in [-0.1, -0.05) is 20.8 Å². The predicted octanol–water partition coefficient (Wildman–Crippen LogP) is 3.78. The second kappa shape index (κ2) is 7.00. The number of ether oxygens (including phenoxy) is 1. The molecule has 3 nitrogen and oxygen atoms in total. The molecular weight excluding hydrogens is 256 g/mol. The first-order valence-electron chi connectivity index (χ1n) is 7.47. The lowest BCUT2D eigenvalue weighted by Crippen LogP contribution is -2.41. The average molecular weight is 286 g/mol. The molecule has 0 radical (unpaired) electrons. The summed E-state index contributed by atoms with van der Waals surface area (Å²) < 4.78 is 12.0. The second-order valence-electron chi connectivity index (χ2n) is 7.15. The van der Waals surface area contributed by atoms with Gasteiger partial charge in [-0.25, -0.2) is 0 Å². The average Bonchev–Trinajstić information content (AvgIpc) is 2.34. The zero-order valence-corrected chi connectivity index (χ0v) is 14.2. The standard InChI is InChI=1S/C15H30O3Si/c1-15(2,3)19(4,5)18-11-10-17-14-8-6-13(12-16)7-9-14/h12-14H,6-11H2,1-5H3. The lowest BCUT2D eigenvalue weighted by Gasteiger charge is -2.36. The molecule has 0 aromatic carbocycles. The van der Waals surface area contributed by atoms with Crippen molar-refractivity contribution in [2.75, 3.05) is 13.2 Å². The van der Waals surface area contributed by atoms with Crippen molar-refractivity contribution in [3.8, 4) is 0 Å². The van der Waals surface area contributed by atoms with Crippen molar-refractivity contribution in [2.24, 2.45) is 5.92 Å². The second-order valence-corrected chi connectivity index (χ2v) is 12.0. The minimum atomic E-state index is -1.63. The number of aldehydes is 1. The molecule has 112 valence electrons. The topological polar surface area (TPSA) is 35.5 Å². The highest BCUT2D eigenvalue weighted by Gasteiger charge is 2.36. The van der Waals surface area contributed by atoms with Gasteiger partial charge in [-0.3, -0.25) is 0 Å². The summed E-state index contributed by atoms with van der Waals surface area (Å²) in [6.07, 6.45) is 5.43. The maximum absolute atomic E-state index is 10.7. The lowest BCUT2D eigenvalue weighted by molar-refractivity contribution is -0.112. The minimum Gasteiger partial charge on any atom is -0.414 e. The van der Waals surface area contributed by atoms with Gasteiger partial charge in [-0.05, 0) is 43.8 Å². The van der Waals surface area contributed by atoms with E-state index in [-0.39, 0.29) is 11.0 Å². The molecule has 0 N–H and O–H groups in total. The molecule has 0 aromatic rings. The summed E-state index contributed by atoms with van der Waals surface area (Å²) in [5.41, 5.74) is 0. The fourth-order valence-corrected chi connectivity index (χ4v) is 3.15. The molecule has 0 unspecified atom stereocenters. The molecule has 1 aliphatic carbocycles. The maximum Gasteiger partial charge on any atom is 0.192 e. The number of carbonyl (C=O) groups is 1. The molecule has 1 rings (SSSR count). The van der Waals surface area contributed by atoms with Crippen LogP contribution in [0.1, 0.15) is 46.5 Å². The smallest absolute Gasteiger partial charge is 0.192 e. The fraction of sp³-hybridized carbons (Fsp3) is 0.933. The Hall–Kier alpha value is -0.193. The molecule has 0 heterocycles. The van der Waals surface area contributed by atoms with Gasteiger partial charge < -0.3 is 14.0 Å². The van der Waals surface area contributed by atoms with E-state index in [0.29, 0.717) is 19.3 Å². The van der Waals surface area contributed by atoms with Crippen molar-refractivity contribution in [2.45, 2.75) is 70.7 Å². The van der Waals surface area contributed by atoms with Crippen molar-refractivity contribution in [1.29, 1.82) is 0 Å². The molecule has 1 saturated carbocycles. The zero-order chi connectivity index (χ0) is 14.5. The van der Waals surface area contributed by atoms with Gasteiger partial charge in [-0.15, -0.1) is 0 Å². The SMILES string of the molecule is CC(C)(C)[Si](C)(C)OCCOC1CCC(C=O)CC1. The first kappa shape index (κ1) is 16.9. The number of hydrogen-bond acceptors (Lipinski definition) is 3. The molecule has 0 bridgehead atoms. The van der Waals surface area contributed by atoms with Gasteiger partial charge in [0.05, 0.1) is 19.3 Å². The van der Waals surface area contributed by atoms with Crippen LogP contribution in [0.3, 0.4) is 0 Å². The van der Waals surface area contributed by atoms with E-state index in [9.17, 15) is 4.79 Å². The fourth-order valence-electron chi connectivity index (χ4n) is 2.12. The molecule has 0 saturated heterocycles. The highest BCUT2D eigenvalue weighted by Crippen LogP contribution is 2.36. The van der Waals surface area contributed by atoms with Crippen LogP contribution in [0.2, 0.25) is 18.1 Å². The Morgan fingerprint density at radius 2 is 1.68 bits per heavy atom. The van der Waals surface area contributed by atoms with E-state index >= 15 is 0 Å². The van der Waals surface area contributed by atoms with Crippen LogP contribution >= 0.6 is 0 Å². The normalized spacial score (nSPS) is 25.3. The third-order valence-electron chi connectivity index (χ3n) is 4.62. The Balaban J connectivity index is 2.17. The number of rotatable bonds is 6. The van der Waals surface area contributed by atoms with E-state index in [2.05, 4.69) is 33.9 Å². The Morgan fingerprint density at radius 3 is 2.16 bits per heavy atom. The Morgan fingerprint density at radius 1 is 1.11 bits per heavy atom. The first-order valence-corrected chi connectivity index (χ1v) is 10.4. The molecule has 0 aliphatic heterocycles. The van der Waals surface area contributed by atoms with Crippen LogP contribution in [-0.4, -0.2) is 33.9 Å². The zero-order valence-electron chi connectivity index (χ0n) is 13.2. The lowest BCUT2D eigenvalue weighted by atomic mass is 9.88. The van der Waals surface area contributed by atoms with Gasteiger partial charge in [-0.2, -0.15) is 0 Å². The Labute approximate surface area is 119 Å². The van der Waals surface area contributed by atoms with Gasteiger partial charge in [0.1, 0.15) is 6.29 Å². The van der Waals surface area contributed by atoms with Crippen LogP contribution in [0.25, 0.3) is 0 Å². The Bertz CT molecular complexity index is 276. The van der Waals surface area contributed by atoms with E-state index in [4.69, 9.17) is 9.16 Å². The summed E-state index contributed by atoms with van der Waals surface area (Å²) in [7, 11) is -1.63. The maximum atomic E-state index is 10.7. The van der Waals surface area contributed by atoms with E-state index in [1.54, 1.807) is 0 Å². The molecular formula is C15H30O3Si. The van der Waals surface area contributed by atoms with Gasteiger partial charge in [0, 0.05) is 5.92 Å². The van der Waals surface area contributed by atoms with Gasteiger partial charge in [0.15, 0.2) is 8.32 Å². The molecule has 0 atom stereocenters. The van der Waals surface area contributed by atoms with Crippen LogP contribution in [0.5, 0.6) is 0 Å². The minimum absolute atomic E-state index is 0.259. The van der Waals surface area contributed by atoms with Crippen LogP contribution in [0.15, 0.2) is 0 Å². The number of hydrogen-bond donors (Lipinski definition) is 0. The molecule has 1 fully saturated rings. The van der Waals surface area contributed by atoms with Crippen molar-refractivity contribution < 1.29 is 14.0 Å². The van der Waals surface area contributed by atoms with Crippen LogP contribution in [0, 0.1) is 5.92 Å². The van der Waals surface area contributed by atoms with E-state index in [1.807, 2.05) is 0 Å². The van der Waals surface area contributed by atoms with Crippen molar-refractivity contribution >= 4 is 14.6 Å². The first-order chi connectivity index (χ1) is 8.76. The van der Waals surface area contributed by atoms with Crippen LogP contribution in [-0.2, 0) is 14.0 Å². The molecule has 0 amide bonds. The summed E-state index contributed by atoms with van der Waals surface area (Å²) in [5, 5.41) is 0.259. The van der Waals surface area contributed by atoms with Gasteiger partial charge in [0.2, 0.25) is 0 Å². The van der Waals surface area contributed by atoms with E-state index < -0.39 is 8.32 Å². The molecule has 4 heteroatoms. The summed E-state index contributed by atoms with van der Waals surface area (Å²) in [6, 6.07) is 0. The third kappa shape index (κ3) is 5.36. The third-order valence-corrected chi connectivity index (χ3v) is 9.16. The molecule has 19 heavy (non-hydrogen) atoms. The van der Waals surface area contributed by atoms with Crippen molar-refractivity contribution in [3.63, 3.8) is 0 Å². The molecule has 0 aromatic heterocycles. The monoisotopic (exact) mass is 286 g/mol. The van der Waals surface area contributed by atoms with E-state index in [0.717, 1.165) is 32.0 Å². The van der Waals surface area contributed by atoms with E-state index in [1.165, 1.54) is 0 Å². The number of carbonyl (C=O) groups excluding carboxylic acids is 1. The van der Waals surface area contributed by atoms with Crippen LogP contribution in [0.4, 0.5) is 0 Å². The molecule has 0 spiro atoms. The predicted molar refractivity (Wildman–Crippen MR) is 80.9 cm³/mol. The van der Waals surface area contributed by atoms with Gasteiger partial charge in [0.25, 0.3) is 0 Å². The Kier molecular flexibility index (Phi) is 6.21. The largest absolute Gasteiger partial charge is 0.414 e. The van der Waals surface area contributed by atoms with Gasteiger partial charge >= 0.3 is 0 Å². The summed E-state index contributed by atoms with van der Waals surface area (Å²) in [4.78, 5) is 10.7. The van der Waals surface area contributed by atoms with Crippen molar-refractivity contribution in [1.82, 2.24) is 0 Å². The highest BCUT2D eigenvalue weighted by atomic mass is 28.4. The summed E-state index contributed by atoms with van der Waals surface area (Å²) >= 11 is 0.